The van der Waals surface area contributed by atoms with Crippen LogP contribution in [-0.2, 0) is 16.1 Å². The minimum absolute atomic E-state index is 0.0168. The van der Waals surface area contributed by atoms with Gasteiger partial charge in [0.15, 0.2) is 0 Å². The van der Waals surface area contributed by atoms with Crippen molar-refractivity contribution in [3.05, 3.63) is 35.4 Å². The maximum atomic E-state index is 13.0. The summed E-state index contributed by atoms with van der Waals surface area (Å²) >= 11 is 0. The fraction of sp³-hybridized carbons (Fsp3) is 0.250. The molecule has 1 amide bonds. The number of carbonyl (C=O) groups excluding carboxylic acids is 1. The van der Waals surface area contributed by atoms with Gasteiger partial charge >= 0.3 is 5.97 Å². The third kappa shape index (κ3) is 3.12. The molecule has 2 rings (SSSR count). The Morgan fingerprint density at radius 2 is 1.89 bits per heavy atom. The van der Waals surface area contributed by atoms with Gasteiger partial charge in [0.05, 0.1) is 6.54 Å². The number of halogens is 2. The van der Waals surface area contributed by atoms with Gasteiger partial charge in [-0.05, 0) is 17.7 Å². The van der Waals surface area contributed by atoms with Gasteiger partial charge in [0.25, 0.3) is 0 Å². The van der Waals surface area contributed by atoms with Crippen LogP contribution >= 0.6 is 0 Å². The first kappa shape index (κ1) is 13.1. The summed E-state index contributed by atoms with van der Waals surface area (Å²) in [5.74, 6) is -3.11. The molecular weight excluding hydrogens is 258 g/mol. The Morgan fingerprint density at radius 3 is 2.47 bits per heavy atom. The standard InChI is InChI=1S/C12H10F2N2O3/c13-8-3-7(4-9(14)5-8)6-16-11(17)2-1-10(15-16)12(18)19/h3-5H,1-2,6H2,(H,18,19). The average molecular weight is 268 g/mol. The number of aliphatic carboxylic acids is 1. The van der Waals surface area contributed by atoms with Crippen LogP contribution < -0.4 is 0 Å². The molecule has 19 heavy (non-hydrogen) atoms. The average Bonchev–Trinajstić information content (AvgIpc) is 2.30. The van der Waals surface area contributed by atoms with Crippen LogP contribution in [0.3, 0.4) is 0 Å². The van der Waals surface area contributed by atoms with Crippen molar-refractivity contribution in [2.45, 2.75) is 19.4 Å². The van der Waals surface area contributed by atoms with Gasteiger partial charge in [0.1, 0.15) is 17.3 Å². The van der Waals surface area contributed by atoms with Crippen LogP contribution in [0.25, 0.3) is 0 Å². The highest BCUT2D eigenvalue weighted by atomic mass is 19.1. The molecule has 0 aliphatic carbocycles. The Bertz CT molecular complexity index is 552. The number of benzene rings is 1. The Hall–Kier alpha value is -2.31. The van der Waals surface area contributed by atoms with Gasteiger partial charge in [0, 0.05) is 18.9 Å². The summed E-state index contributed by atoms with van der Waals surface area (Å²) < 4.78 is 26.0. The van der Waals surface area contributed by atoms with E-state index in [1.54, 1.807) is 0 Å². The monoisotopic (exact) mass is 268 g/mol. The molecule has 0 bridgehead atoms. The number of rotatable bonds is 3. The SMILES string of the molecule is O=C(O)C1=NN(Cc2cc(F)cc(F)c2)C(=O)CC1. The Labute approximate surface area is 107 Å². The first-order valence-electron chi connectivity index (χ1n) is 5.52. The van der Waals surface area contributed by atoms with Crippen molar-refractivity contribution in [2.24, 2.45) is 5.10 Å². The van der Waals surface area contributed by atoms with Crippen LogP contribution in [-0.4, -0.2) is 27.7 Å². The van der Waals surface area contributed by atoms with Gasteiger partial charge in [-0.2, -0.15) is 5.10 Å². The second kappa shape index (κ2) is 5.13. The highest BCUT2D eigenvalue weighted by molar-refractivity contribution is 6.36. The van der Waals surface area contributed by atoms with Crippen LogP contribution in [0.15, 0.2) is 23.3 Å². The van der Waals surface area contributed by atoms with E-state index in [1.165, 1.54) is 0 Å². The van der Waals surface area contributed by atoms with E-state index >= 15 is 0 Å². The molecule has 5 nitrogen and oxygen atoms in total. The number of carbonyl (C=O) groups is 2. The Kier molecular flexibility index (Phi) is 3.55. The molecule has 1 aromatic carbocycles. The number of amides is 1. The molecule has 1 heterocycles. The molecule has 0 radical (unpaired) electrons. The van der Waals surface area contributed by atoms with Crippen LogP contribution in [0, 0.1) is 11.6 Å². The first-order valence-corrected chi connectivity index (χ1v) is 5.52. The molecule has 1 aliphatic heterocycles. The lowest BCUT2D eigenvalue weighted by Gasteiger charge is -2.22. The summed E-state index contributed by atoms with van der Waals surface area (Å²) in [6.07, 6.45) is 0.0745. The van der Waals surface area contributed by atoms with Crippen molar-refractivity contribution in [1.29, 1.82) is 0 Å². The van der Waals surface area contributed by atoms with E-state index in [9.17, 15) is 18.4 Å². The summed E-state index contributed by atoms with van der Waals surface area (Å²) in [7, 11) is 0. The largest absolute Gasteiger partial charge is 0.477 e. The van der Waals surface area contributed by atoms with Crippen molar-refractivity contribution >= 4 is 17.6 Å². The maximum absolute atomic E-state index is 13.0. The van der Waals surface area contributed by atoms with Crippen molar-refractivity contribution < 1.29 is 23.5 Å². The predicted molar refractivity (Wildman–Crippen MR) is 61.2 cm³/mol. The molecule has 7 heteroatoms. The second-order valence-electron chi connectivity index (χ2n) is 4.08. The fourth-order valence-electron chi connectivity index (χ4n) is 1.75. The number of carboxylic acids is 1. The lowest BCUT2D eigenvalue weighted by Crippen LogP contribution is -2.33. The molecule has 1 aliphatic rings. The maximum Gasteiger partial charge on any atom is 0.352 e. The number of nitrogens with zero attached hydrogens (tertiary/aromatic N) is 2. The summed E-state index contributed by atoms with van der Waals surface area (Å²) in [5, 5.41) is 13.4. The van der Waals surface area contributed by atoms with Crippen molar-refractivity contribution in [3.8, 4) is 0 Å². The third-order valence-corrected chi connectivity index (χ3v) is 2.61. The summed E-state index contributed by atoms with van der Waals surface area (Å²) in [5.41, 5.74) is 0.0673. The quantitative estimate of drug-likeness (QED) is 0.903. The normalized spacial score (nSPS) is 15.4. The van der Waals surface area contributed by atoms with Gasteiger partial charge in [-0.1, -0.05) is 0 Å². The fourth-order valence-corrected chi connectivity index (χ4v) is 1.75. The molecule has 0 saturated carbocycles. The van der Waals surface area contributed by atoms with Gasteiger partial charge in [-0.25, -0.2) is 18.6 Å². The second-order valence-corrected chi connectivity index (χ2v) is 4.08. The summed E-state index contributed by atoms with van der Waals surface area (Å²) in [6.45, 7) is -0.162. The van der Waals surface area contributed by atoms with Crippen LogP contribution in [0.4, 0.5) is 8.78 Å². The van der Waals surface area contributed by atoms with E-state index in [0.717, 1.165) is 17.1 Å². The van der Waals surface area contributed by atoms with Gasteiger partial charge in [-0.3, -0.25) is 4.79 Å². The van der Waals surface area contributed by atoms with E-state index < -0.39 is 17.6 Å². The number of hydrazone groups is 1. The number of hydrogen-bond donors (Lipinski definition) is 1. The topological polar surface area (TPSA) is 70.0 Å². The highest BCUT2D eigenvalue weighted by Crippen LogP contribution is 2.15. The zero-order valence-corrected chi connectivity index (χ0v) is 9.77. The molecule has 1 aromatic rings. The van der Waals surface area contributed by atoms with Gasteiger partial charge in [-0.15, -0.1) is 0 Å². The molecule has 1 N–H and O–H groups in total. The number of hydrogen-bond acceptors (Lipinski definition) is 3. The van der Waals surface area contributed by atoms with E-state index in [4.69, 9.17) is 5.11 Å². The minimum atomic E-state index is -1.21. The molecule has 0 fully saturated rings. The summed E-state index contributed by atoms with van der Waals surface area (Å²) in [6, 6.07) is 2.86. The van der Waals surface area contributed by atoms with Crippen molar-refractivity contribution in [2.75, 3.05) is 0 Å². The lowest BCUT2D eigenvalue weighted by atomic mass is 10.1. The molecular formula is C12H10F2N2O3. The minimum Gasteiger partial charge on any atom is -0.477 e. The van der Waals surface area contributed by atoms with Crippen LogP contribution in [0.5, 0.6) is 0 Å². The lowest BCUT2D eigenvalue weighted by molar-refractivity contribution is -0.133. The third-order valence-electron chi connectivity index (χ3n) is 2.61. The molecule has 0 spiro atoms. The summed E-state index contributed by atoms with van der Waals surface area (Å²) in [4.78, 5) is 22.4. The number of carboxylic acid groups (broad SMARTS) is 1. The smallest absolute Gasteiger partial charge is 0.352 e. The highest BCUT2D eigenvalue weighted by Gasteiger charge is 2.24. The molecule has 0 unspecified atom stereocenters. The van der Waals surface area contributed by atoms with E-state index in [0.29, 0.717) is 6.07 Å². The molecule has 100 valence electrons. The van der Waals surface area contributed by atoms with Crippen LogP contribution in [0.1, 0.15) is 18.4 Å². The Morgan fingerprint density at radius 1 is 1.26 bits per heavy atom. The van der Waals surface area contributed by atoms with Crippen molar-refractivity contribution in [1.82, 2.24) is 5.01 Å². The van der Waals surface area contributed by atoms with Crippen molar-refractivity contribution in [3.63, 3.8) is 0 Å². The predicted octanol–water partition coefficient (Wildman–Crippen LogP) is 1.53. The Balaban J connectivity index is 2.23. The van der Waals surface area contributed by atoms with E-state index in [2.05, 4.69) is 5.10 Å². The van der Waals surface area contributed by atoms with Crippen LogP contribution in [0.2, 0.25) is 0 Å². The zero-order valence-electron chi connectivity index (χ0n) is 9.77. The molecule has 0 saturated heterocycles. The van der Waals surface area contributed by atoms with E-state index in [-0.39, 0.29) is 36.6 Å². The zero-order chi connectivity index (χ0) is 14.0. The molecule has 0 atom stereocenters. The molecule has 0 aromatic heterocycles. The first-order chi connectivity index (χ1) is 8.95. The van der Waals surface area contributed by atoms with E-state index in [1.807, 2.05) is 0 Å². The van der Waals surface area contributed by atoms with Gasteiger partial charge < -0.3 is 5.11 Å². The van der Waals surface area contributed by atoms with Gasteiger partial charge in [0.2, 0.25) is 5.91 Å².